The van der Waals surface area contributed by atoms with Crippen LogP contribution in [0.1, 0.15) is 10.4 Å². The molecule has 0 aliphatic carbocycles. The van der Waals surface area contributed by atoms with Gasteiger partial charge in [0.25, 0.3) is 0 Å². The number of aromatic nitrogens is 1. The summed E-state index contributed by atoms with van der Waals surface area (Å²) in [6.07, 6.45) is 1.82. The molecule has 0 saturated carbocycles. The van der Waals surface area contributed by atoms with E-state index in [9.17, 15) is 0 Å². The minimum atomic E-state index is 0.538. The fraction of sp³-hybridized carbons (Fsp3) is 0.133. The Kier molecular flexibility index (Phi) is 3.19. The van der Waals surface area contributed by atoms with Crippen LogP contribution in [0.5, 0.6) is 0 Å². The number of fused-ring (bicyclic) bond motifs is 1. The van der Waals surface area contributed by atoms with Crippen LogP contribution < -0.4 is 11.1 Å². The Bertz CT molecular complexity index is 718. The van der Waals surface area contributed by atoms with Crippen molar-refractivity contribution in [3.63, 3.8) is 0 Å². The molecule has 0 aliphatic rings. The van der Waals surface area contributed by atoms with E-state index in [-0.39, 0.29) is 0 Å². The minimum Gasteiger partial charge on any atom is -0.332 e. The second-order valence-electron chi connectivity index (χ2n) is 4.53. The standard InChI is InChI=1S/C15H15N3S/c1-10-2-3-12-7-13(5-4-11(12)6-10)18-15-17-9-14(8-16)19-15/h2-7,9H,8,16H2,1H3,(H,17,18). The molecule has 0 radical (unpaired) electrons. The number of aryl methyl sites for hydroxylation is 1. The predicted molar refractivity (Wildman–Crippen MR) is 82.0 cm³/mol. The largest absolute Gasteiger partial charge is 0.332 e. The van der Waals surface area contributed by atoms with Gasteiger partial charge in [-0.2, -0.15) is 0 Å². The molecule has 0 fully saturated rings. The summed E-state index contributed by atoms with van der Waals surface area (Å²) in [5.74, 6) is 0. The molecule has 3 nitrogen and oxygen atoms in total. The highest BCUT2D eigenvalue weighted by Gasteiger charge is 2.02. The third-order valence-electron chi connectivity index (χ3n) is 3.00. The van der Waals surface area contributed by atoms with Crippen LogP contribution >= 0.6 is 11.3 Å². The summed E-state index contributed by atoms with van der Waals surface area (Å²) in [6.45, 7) is 2.64. The highest BCUT2D eigenvalue weighted by atomic mass is 32.1. The van der Waals surface area contributed by atoms with Gasteiger partial charge < -0.3 is 11.1 Å². The van der Waals surface area contributed by atoms with E-state index in [2.05, 4.69) is 53.6 Å². The quantitative estimate of drug-likeness (QED) is 0.760. The van der Waals surface area contributed by atoms with Gasteiger partial charge in [0.05, 0.1) is 0 Å². The summed E-state index contributed by atoms with van der Waals surface area (Å²) in [5.41, 5.74) is 7.92. The van der Waals surface area contributed by atoms with Crippen LogP contribution in [0, 0.1) is 6.92 Å². The first kappa shape index (κ1) is 12.1. The van der Waals surface area contributed by atoms with E-state index in [4.69, 9.17) is 5.73 Å². The summed E-state index contributed by atoms with van der Waals surface area (Å²) in [7, 11) is 0. The number of hydrogen-bond acceptors (Lipinski definition) is 4. The van der Waals surface area contributed by atoms with Gasteiger partial charge >= 0.3 is 0 Å². The van der Waals surface area contributed by atoms with E-state index in [0.717, 1.165) is 15.7 Å². The van der Waals surface area contributed by atoms with Crippen LogP contribution in [0.25, 0.3) is 10.8 Å². The molecular formula is C15H15N3S. The number of nitrogens with one attached hydrogen (secondary N) is 1. The van der Waals surface area contributed by atoms with Crippen LogP contribution in [0.15, 0.2) is 42.6 Å². The first-order valence-corrected chi connectivity index (χ1v) is 6.98. The van der Waals surface area contributed by atoms with E-state index in [1.807, 2.05) is 6.20 Å². The van der Waals surface area contributed by atoms with Crippen LogP contribution in [0.2, 0.25) is 0 Å². The van der Waals surface area contributed by atoms with Crippen molar-refractivity contribution in [2.75, 3.05) is 5.32 Å². The number of benzene rings is 2. The van der Waals surface area contributed by atoms with Crippen molar-refractivity contribution in [2.24, 2.45) is 5.73 Å². The van der Waals surface area contributed by atoms with Gasteiger partial charge in [0.2, 0.25) is 0 Å². The molecule has 0 atom stereocenters. The van der Waals surface area contributed by atoms with Crippen molar-refractivity contribution in [1.29, 1.82) is 0 Å². The molecule has 3 rings (SSSR count). The number of hydrogen-bond donors (Lipinski definition) is 2. The number of rotatable bonds is 3. The van der Waals surface area contributed by atoms with Crippen LogP contribution in [0.4, 0.5) is 10.8 Å². The molecule has 0 bridgehead atoms. The normalized spacial score (nSPS) is 10.8. The molecule has 96 valence electrons. The lowest BCUT2D eigenvalue weighted by Gasteiger charge is -2.05. The summed E-state index contributed by atoms with van der Waals surface area (Å²) < 4.78 is 0. The molecule has 4 heteroatoms. The molecule has 3 aromatic rings. The highest BCUT2D eigenvalue weighted by Crippen LogP contribution is 2.25. The van der Waals surface area contributed by atoms with Gasteiger partial charge in [-0.15, -0.1) is 11.3 Å². The van der Waals surface area contributed by atoms with Crippen molar-refractivity contribution in [3.8, 4) is 0 Å². The van der Waals surface area contributed by atoms with Crippen LogP contribution in [-0.4, -0.2) is 4.98 Å². The minimum absolute atomic E-state index is 0.538. The van der Waals surface area contributed by atoms with Gasteiger partial charge in [-0.1, -0.05) is 29.8 Å². The van der Waals surface area contributed by atoms with Crippen molar-refractivity contribution in [3.05, 3.63) is 53.0 Å². The van der Waals surface area contributed by atoms with Gasteiger partial charge in [0.1, 0.15) is 0 Å². The van der Waals surface area contributed by atoms with Crippen molar-refractivity contribution >= 4 is 32.9 Å². The molecule has 1 heterocycles. The van der Waals surface area contributed by atoms with Gasteiger partial charge in [-0.05, 0) is 29.8 Å². The molecule has 0 unspecified atom stereocenters. The van der Waals surface area contributed by atoms with E-state index < -0.39 is 0 Å². The maximum absolute atomic E-state index is 5.59. The average molecular weight is 269 g/mol. The number of nitrogens with two attached hydrogens (primary N) is 1. The Balaban J connectivity index is 1.90. The lowest BCUT2D eigenvalue weighted by Crippen LogP contribution is -1.91. The first-order chi connectivity index (χ1) is 9.24. The van der Waals surface area contributed by atoms with Gasteiger partial charge in [-0.3, -0.25) is 0 Å². The van der Waals surface area contributed by atoms with Gasteiger partial charge in [0.15, 0.2) is 5.13 Å². The monoisotopic (exact) mass is 269 g/mol. The molecule has 0 aliphatic heterocycles. The van der Waals surface area contributed by atoms with Crippen molar-refractivity contribution in [2.45, 2.75) is 13.5 Å². The topological polar surface area (TPSA) is 50.9 Å². The molecular weight excluding hydrogens is 254 g/mol. The molecule has 0 amide bonds. The Labute approximate surface area is 116 Å². The molecule has 0 spiro atoms. The second kappa shape index (κ2) is 4.99. The smallest absolute Gasteiger partial charge is 0.187 e. The maximum atomic E-state index is 5.59. The summed E-state index contributed by atoms with van der Waals surface area (Å²) in [5, 5.41) is 6.68. The Morgan fingerprint density at radius 2 is 1.95 bits per heavy atom. The lowest BCUT2D eigenvalue weighted by molar-refractivity contribution is 1.10. The summed E-state index contributed by atoms with van der Waals surface area (Å²) >= 11 is 1.59. The fourth-order valence-corrected chi connectivity index (χ4v) is 2.74. The predicted octanol–water partition coefficient (Wildman–Crippen LogP) is 3.81. The summed E-state index contributed by atoms with van der Waals surface area (Å²) in [6, 6.07) is 12.8. The molecule has 3 N–H and O–H groups in total. The third-order valence-corrected chi connectivity index (χ3v) is 3.94. The van der Waals surface area contributed by atoms with E-state index in [1.165, 1.54) is 16.3 Å². The Morgan fingerprint density at radius 3 is 2.74 bits per heavy atom. The average Bonchev–Trinajstić information content (AvgIpc) is 2.86. The molecule has 0 saturated heterocycles. The highest BCUT2D eigenvalue weighted by molar-refractivity contribution is 7.15. The number of thiazole rings is 1. The van der Waals surface area contributed by atoms with E-state index >= 15 is 0 Å². The SMILES string of the molecule is Cc1ccc2cc(Nc3ncc(CN)s3)ccc2c1. The summed E-state index contributed by atoms with van der Waals surface area (Å²) in [4.78, 5) is 5.39. The number of anilines is 2. The van der Waals surface area contributed by atoms with Crippen molar-refractivity contribution in [1.82, 2.24) is 4.98 Å². The fourth-order valence-electron chi connectivity index (χ4n) is 2.03. The van der Waals surface area contributed by atoms with Crippen LogP contribution in [-0.2, 0) is 6.54 Å². The zero-order valence-corrected chi connectivity index (χ0v) is 11.5. The van der Waals surface area contributed by atoms with Crippen molar-refractivity contribution < 1.29 is 0 Å². The Morgan fingerprint density at radius 1 is 1.16 bits per heavy atom. The van der Waals surface area contributed by atoms with Gasteiger partial charge in [0, 0.05) is 23.3 Å². The second-order valence-corrected chi connectivity index (χ2v) is 5.64. The van der Waals surface area contributed by atoms with E-state index in [1.54, 1.807) is 11.3 Å². The van der Waals surface area contributed by atoms with Crippen LogP contribution in [0.3, 0.4) is 0 Å². The zero-order valence-electron chi connectivity index (χ0n) is 10.7. The molecule has 19 heavy (non-hydrogen) atoms. The Hall–Kier alpha value is -1.91. The maximum Gasteiger partial charge on any atom is 0.187 e. The van der Waals surface area contributed by atoms with Gasteiger partial charge in [-0.25, -0.2) is 4.98 Å². The molecule has 1 aromatic heterocycles. The molecule has 2 aromatic carbocycles. The third kappa shape index (κ3) is 2.59. The first-order valence-electron chi connectivity index (χ1n) is 6.17. The number of nitrogens with zero attached hydrogens (tertiary/aromatic N) is 1. The zero-order chi connectivity index (χ0) is 13.2. The van der Waals surface area contributed by atoms with E-state index in [0.29, 0.717) is 6.54 Å². The lowest BCUT2D eigenvalue weighted by atomic mass is 10.1.